The number of para-hydroxylation sites is 2. The van der Waals surface area contributed by atoms with Gasteiger partial charge < -0.3 is 9.72 Å². The first kappa shape index (κ1) is 22.9. The molecule has 5 nitrogen and oxygen atoms in total. The van der Waals surface area contributed by atoms with Gasteiger partial charge in [0.15, 0.2) is 0 Å². The van der Waals surface area contributed by atoms with Crippen molar-refractivity contribution in [1.82, 2.24) is 19.9 Å². The van der Waals surface area contributed by atoms with Crippen LogP contribution < -0.4 is 0 Å². The lowest BCUT2D eigenvalue weighted by Gasteiger charge is -2.45. The lowest BCUT2D eigenvalue weighted by Crippen LogP contribution is -2.50. The Labute approximate surface area is 192 Å². The van der Waals surface area contributed by atoms with Crippen molar-refractivity contribution in [1.29, 1.82) is 0 Å². The average molecular weight is 435 g/mol. The molecule has 0 amide bonds. The van der Waals surface area contributed by atoms with Gasteiger partial charge in [-0.3, -0.25) is 9.88 Å². The number of imidazole rings is 1. The average Bonchev–Trinajstić information content (AvgIpc) is 3.38. The first-order valence-corrected chi connectivity index (χ1v) is 11.9. The second-order valence-corrected chi connectivity index (χ2v) is 10.3. The number of benzene rings is 1. The fourth-order valence-corrected chi connectivity index (χ4v) is 5.35. The molecule has 0 saturated carbocycles. The number of likely N-dealkylation sites (tertiary alicyclic amines) is 1. The van der Waals surface area contributed by atoms with Gasteiger partial charge in [-0.1, -0.05) is 18.2 Å². The standard InChI is InChI=1S/C27H38N4O/c1-7-32-26(5,6)27(15-14-24-29-22-10-8-9-11-23(22)30-24)16-17-31(19-27)25(3,4)21-13-12-20(2)28-18-21/h8-13,18H,7,14-17,19H2,1-6H3,(H,29,30)/t27-/m1/s1. The highest BCUT2D eigenvalue weighted by atomic mass is 16.5. The van der Waals surface area contributed by atoms with E-state index in [4.69, 9.17) is 9.72 Å². The van der Waals surface area contributed by atoms with Crippen LogP contribution in [0.1, 0.15) is 64.5 Å². The quantitative estimate of drug-likeness (QED) is 0.498. The summed E-state index contributed by atoms with van der Waals surface area (Å²) in [5.74, 6) is 1.07. The molecule has 32 heavy (non-hydrogen) atoms. The van der Waals surface area contributed by atoms with E-state index < -0.39 is 0 Å². The van der Waals surface area contributed by atoms with Gasteiger partial charge in [-0.25, -0.2) is 4.98 Å². The summed E-state index contributed by atoms with van der Waals surface area (Å²) >= 11 is 0. The Hall–Kier alpha value is -2.24. The number of aryl methyl sites for hydroxylation is 2. The molecule has 0 radical (unpaired) electrons. The van der Waals surface area contributed by atoms with Crippen LogP contribution in [0.25, 0.3) is 11.0 Å². The first-order chi connectivity index (χ1) is 15.2. The number of rotatable bonds is 8. The SMILES string of the molecule is CCOC(C)(C)[C@]1(CCc2nc3ccccc3[nH]2)CCN(C(C)(C)c2ccc(C)nc2)C1. The largest absolute Gasteiger partial charge is 0.375 e. The zero-order valence-corrected chi connectivity index (χ0v) is 20.5. The molecule has 4 rings (SSSR count). The molecule has 1 atom stereocenters. The van der Waals surface area contributed by atoms with Crippen LogP contribution in [-0.4, -0.2) is 45.1 Å². The van der Waals surface area contributed by atoms with Gasteiger partial charge in [-0.2, -0.15) is 0 Å². The molecule has 3 aromatic rings. The van der Waals surface area contributed by atoms with Gasteiger partial charge in [0.2, 0.25) is 0 Å². The Morgan fingerprint density at radius 3 is 2.59 bits per heavy atom. The molecule has 1 aliphatic heterocycles. The maximum Gasteiger partial charge on any atom is 0.107 e. The van der Waals surface area contributed by atoms with E-state index in [0.29, 0.717) is 0 Å². The second kappa shape index (κ2) is 8.60. The first-order valence-electron chi connectivity index (χ1n) is 11.9. The van der Waals surface area contributed by atoms with E-state index in [9.17, 15) is 0 Å². The fraction of sp³-hybridized carbons (Fsp3) is 0.556. The Morgan fingerprint density at radius 2 is 1.91 bits per heavy atom. The summed E-state index contributed by atoms with van der Waals surface area (Å²) in [6.45, 7) is 16.1. The number of aromatic nitrogens is 3. The molecule has 172 valence electrons. The number of hydrogen-bond acceptors (Lipinski definition) is 4. The molecule has 5 heteroatoms. The number of nitrogens with zero attached hydrogens (tertiary/aromatic N) is 3. The van der Waals surface area contributed by atoms with Crippen molar-refractivity contribution in [3.8, 4) is 0 Å². The van der Waals surface area contributed by atoms with Crippen LogP contribution in [0.2, 0.25) is 0 Å². The van der Waals surface area contributed by atoms with Gasteiger partial charge in [0, 0.05) is 42.4 Å². The Bertz CT molecular complexity index is 1020. The van der Waals surface area contributed by atoms with Gasteiger partial charge in [-0.15, -0.1) is 0 Å². The minimum absolute atomic E-state index is 0.0530. The summed E-state index contributed by atoms with van der Waals surface area (Å²) in [7, 11) is 0. The monoisotopic (exact) mass is 434 g/mol. The number of fused-ring (bicyclic) bond motifs is 1. The Morgan fingerprint density at radius 1 is 1.12 bits per heavy atom. The molecule has 1 aromatic carbocycles. The topological polar surface area (TPSA) is 54.0 Å². The third-order valence-electron chi connectivity index (χ3n) is 7.82. The highest BCUT2D eigenvalue weighted by Gasteiger charge is 2.52. The van der Waals surface area contributed by atoms with Crippen LogP contribution in [0.5, 0.6) is 0 Å². The zero-order chi connectivity index (χ0) is 23.0. The van der Waals surface area contributed by atoms with Crippen LogP contribution in [0.15, 0.2) is 42.6 Å². The Kier molecular flexibility index (Phi) is 6.17. The molecular weight excluding hydrogens is 396 g/mol. The highest BCUT2D eigenvalue weighted by Crippen LogP contribution is 2.49. The van der Waals surface area contributed by atoms with Crippen molar-refractivity contribution >= 4 is 11.0 Å². The fourth-order valence-electron chi connectivity index (χ4n) is 5.35. The van der Waals surface area contributed by atoms with Gasteiger partial charge in [0.05, 0.1) is 16.6 Å². The van der Waals surface area contributed by atoms with Gasteiger partial charge in [0.1, 0.15) is 5.82 Å². The van der Waals surface area contributed by atoms with E-state index in [0.717, 1.165) is 61.5 Å². The molecule has 1 aliphatic rings. The van der Waals surface area contributed by atoms with E-state index in [1.165, 1.54) is 5.56 Å². The number of pyridine rings is 1. The summed E-state index contributed by atoms with van der Waals surface area (Å²) in [6, 6.07) is 12.6. The van der Waals surface area contributed by atoms with Gasteiger partial charge in [0.25, 0.3) is 0 Å². The number of hydrogen-bond donors (Lipinski definition) is 1. The lowest BCUT2D eigenvalue weighted by atomic mass is 9.69. The van der Waals surface area contributed by atoms with E-state index in [-0.39, 0.29) is 16.6 Å². The van der Waals surface area contributed by atoms with E-state index in [2.05, 4.69) is 79.8 Å². The summed E-state index contributed by atoms with van der Waals surface area (Å²) in [5.41, 5.74) is 4.24. The number of nitrogens with one attached hydrogen (secondary N) is 1. The molecule has 2 aromatic heterocycles. The lowest BCUT2D eigenvalue weighted by molar-refractivity contribution is -0.109. The predicted molar refractivity (Wildman–Crippen MR) is 131 cm³/mol. The van der Waals surface area contributed by atoms with Crippen LogP contribution in [0, 0.1) is 12.3 Å². The van der Waals surface area contributed by atoms with Gasteiger partial charge >= 0.3 is 0 Å². The maximum atomic E-state index is 6.38. The van der Waals surface area contributed by atoms with Crippen LogP contribution >= 0.6 is 0 Å². The normalized spacial score (nSPS) is 20.3. The molecule has 0 aliphatic carbocycles. The predicted octanol–water partition coefficient (Wildman–Crippen LogP) is 5.64. The van der Waals surface area contributed by atoms with Crippen molar-refractivity contribution in [2.24, 2.45) is 5.41 Å². The van der Waals surface area contributed by atoms with Crippen LogP contribution in [0.4, 0.5) is 0 Å². The highest BCUT2D eigenvalue weighted by molar-refractivity contribution is 5.74. The zero-order valence-electron chi connectivity index (χ0n) is 20.5. The summed E-state index contributed by atoms with van der Waals surface area (Å²) < 4.78 is 6.38. The molecule has 1 fully saturated rings. The maximum absolute atomic E-state index is 6.38. The minimum Gasteiger partial charge on any atom is -0.375 e. The smallest absolute Gasteiger partial charge is 0.107 e. The van der Waals surface area contributed by atoms with Crippen LogP contribution in [-0.2, 0) is 16.7 Å². The van der Waals surface area contributed by atoms with Crippen molar-refractivity contribution < 1.29 is 4.74 Å². The van der Waals surface area contributed by atoms with Gasteiger partial charge in [-0.05, 0) is 84.7 Å². The summed E-state index contributed by atoms with van der Waals surface area (Å²) in [4.78, 5) is 15.5. The molecule has 0 unspecified atom stereocenters. The molecule has 3 heterocycles. The summed E-state index contributed by atoms with van der Waals surface area (Å²) in [6.07, 6.45) is 5.12. The molecule has 1 N–H and O–H groups in total. The molecular formula is C27H38N4O. The number of ether oxygens (including phenoxy) is 1. The van der Waals surface area contributed by atoms with Crippen molar-refractivity contribution in [3.05, 3.63) is 59.7 Å². The van der Waals surface area contributed by atoms with Crippen molar-refractivity contribution in [3.63, 3.8) is 0 Å². The molecule has 0 bridgehead atoms. The van der Waals surface area contributed by atoms with Crippen molar-refractivity contribution in [2.75, 3.05) is 19.7 Å². The minimum atomic E-state index is -0.218. The number of H-pyrrole nitrogens is 1. The molecule has 1 saturated heterocycles. The third-order valence-corrected chi connectivity index (χ3v) is 7.82. The van der Waals surface area contributed by atoms with E-state index in [1.807, 2.05) is 19.2 Å². The van der Waals surface area contributed by atoms with E-state index in [1.54, 1.807) is 0 Å². The van der Waals surface area contributed by atoms with E-state index >= 15 is 0 Å². The Balaban J connectivity index is 1.58. The van der Waals surface area contributed by atoms with Crippen molar-refractivity contribution in [2.45, 2.75) is 71.9 Å². The second-order valence-electron chi connectivity index (χ2n) is 10.3. The van der Waals surface area contributed by atoms with Crippen LogP contribution in [0.3, 0.4) is 0 Å². The molecule has 0 spiro atoms. The third kappa shape index (κ3) is 4.20. The number of aromatic amines is 1. The summed E-state index contributed by atoms with van der Waals surface area (Å²) in [5, 5.41) is 0.